The third kappa shape index (κ3) is 3.15. The van der Waals surface area contributed by atoms with Gasteiger partial charge in [-0.05, 0) is 42.2 Å². The van der Waals surface area contributed by atoms with E-state index in [1.165, 1.54) is 6.07 Å². The van der Waals surface area contributed by atoms with Gasteiger partial charge in [0, 0.05) is 4.47 Å². The molecule has 0 N–H and O–H groups in total. The predicted octanol–water partition coefficient (Wildman–Crippen LogP) is 5.56. The maximum atomic E-state index is 13.6. The molecular weight excluding hydrogens is 334 g/mol. The number of halogens is 4. The lowest BCUT2D eigenvalue weighted by Crippen LogP contribution is -2.02. The van der Waals surface area contributed by atoms with Gasteiger partial charge in [-0.15, -0.1) is 11.6 Å². The Morgan fingerprint density at radius 1 is 1.16 bits per heavy atom. The molecule has 0 radical (unpaired) electrons. The van der Waals surface area contributed by atoms with Crippen molar-refractivity contribution in [1.29, 1.82) is 0 Å². The number of alkyl halides is 1. The first-order chi connectivity index (χ1) is 9.00. The average molecular weight is 346 g/mol. The first-order valence-electron chi connectivity index (χ1n) is 5.82. The highest BCUT2D eigenvalue weighted by atomic mass is 79.9. The van der Waals surface area contributed by atoms with Crippen molar-refractivity contribution in [2.45, 2.75) is 18.7 Å². The van der Waals surface area contributed by atoms with E-state index in [0.717, 1.165) is 21.7 Å². The molecule has 0 amide bonds. The lowest BCUT2D eigenvalue weighted by Gasteiger charge is -2.14. The van der Waals surface area contributed by atoms with Crippen LogP contribution >= 0.6 is 27.5 Å². The van der Waals surface area contributed by atoms with Crippen molar-refractivity contribution >= 4 is 27.5 Å². The van der Waals surface area contributed by atoms with Gasteiger partial charge in [0.25, 0.3) is 0 Å². The van der Waals surface area contributed by atoms with E-state index in [2.05, 4.69) is 15.9 Å². The smallest absolute Gasteiger partial charge is 0.162 e. The molecule has 19 heavy (non-hydrogen) atoms. The Kier molecular flexibility index (Phi) is 4.58. The molecule has 0 saturated heterocycles. The van der Waals surface area contributed by atoms with Crippen molar-refractivity contribution in [2.24, 2.45) is 0 Å². The summed E-state index contributed by atoms with van der Waals surface area (Å²) in [6, 6.07) is 9.85. The fraction of sp³-hybridized carbons (Fsp3) is 0.200. The molecule has 100 valence electrons. The van der Waals surface area contributed by atoms with Crippen LogP contribution in [0.5, 0.6) is 0 Å². The van der Waals surface area contributed by atoms with E-state index in [1.54, 1.807) is 6.07 Å². The molecule has 0 fully saturated rings. The Labute approximate surface area is 124 Å². The lowest BCUT2D eigenvalue weighted by molar-refractivity contribution is 0.498. The van der Waals surface area contributed by atoms with Crippen LogP contribution in [-0.2, 0) is 6.42 Å². The first-order valence-corrected chi connectivity index (χ1v) is 7.05. The number of hydrogen-bond acceptors (Lipinski definition) is 0. The summed E-state index contributed by atoms with van der Waals surface area (Å²) in [4.78, 5) is 0. The van der Waals surface area contributed by atoms with E-state index < -0.39 is 17.0 Å². The maximum absolute atomic E-state index is 13.6. The minimum absolute atomic E-state index is 0.252. The van der Waals surface area contributed by atoms with Gasteiger partial charge in [-0.1, -0.05) is 40.2 Å². The molecule has 0 heterocycles. The van der Waals surface area contributed by atoms with Crippen LogP contribution in [0.2, 0.25) is 0 Å². The van der Waals surface area contributed by atoms with Gasteiger partial charge in [-0.2, -0.15) is 0 Å². The van der Waals surface area contributed by atoms with Gasteiger partial charge in [0.05, 0.1) is 5.38 Å². The molecule has 0 aliphatic heterocycles. The monoisotopic (exact) mass is 344 g/mol. The van der Waals surface area contributed by atoms with Crippen LogP contribution in [0.15, 0.2) is 40.9 Å². The summed E-state index contributed by atoms with van der Waals surface area (Å²) in [5, 5.41) is -0.395. The van der Waals surface area contributed by atoms with Crippen LogP contribution in [0.25, 0.3) is 0 Å². The molecule has 2 rings (SSSR count). The third-order valence-electron chi connectivity index (χ3n) is 3.08. The van der Waals surface area contributed by atoms with E-state index in [4.69, 9.17) is 11.6 Å². The van der Waals surface area contributed by atoms with Crippen molar-refractivity contribution < 1.29 is 8.78 Å². The second kappa shape index (κ2) is 6.02. The Morgan fingerprint density at radius 2 is 1.84 bits per heavy atom. The fourth-order valence-corrected chi connectivity index (χ4v) is 2.76. The van der Waals surface area contributed by atoms with Crippen LogP contribution in [-0.4, -0.2) is 0 Å². The standard InChI is InChI=1S/C15H12BrClF2/c1-9-11(5-3-6-12(9)16)13(17)8-10-4-2-7-14(18)15(10)19/h2-7,13H,8H2,1H3. The molecule has 0 saturated carbocycles. The van der Waals surface area contributed by atoms with E-state index in [9.17, 15) is 8.78 Å². The normalized spacial score (nSPS) is 12.5. The van der Waals surface area contributed by atoms with Gasteiger partial charge in [0.2, 0.25) is 0 Å². The van der Waals surface area contributed by atoms with Gasteiger partial charge in [-0.3, -0.25) is 0 Å². The molecule has 0 aromatic heterocycles. The molecule has 2 aromatic rings. The third-order valence-corrected chi connectivity index (χ3v) is 4.33. The van der Waals surface area contributed by atoms with E-state index in [-0.39, 0.29) is 6.42 Å². The Morgan fingerprint density at radius 3 is 2.58 bits per heavy atom. The molecular formula is C15H12BrClF2. The summed E-state index contributed by atoms with van der Waals surface area (Å²) < 4.78 is 27.7. The SMILES string of the molecule is Cc1c(Br)cccc1C(Cl)Cc1cccc(F)c1F. The lowest BCUT2D eigenvalue weighted by atomic mass is 10.00. The number of hydrogen-bond donors (Lipinski definition) is 0. The Hall–Kier alpha value is -0.930. The molecule has 1 atom stereocenters. The zero-order chi connectivity index (χ0) is 14.0. The second-order valence-corrected chi connectivity index (χ2v) is 5.72. The van der Waals surface area contributed by atoms with E-state index >= 15 is 0 Å². The largest absolute Gasteiger partial charge is 0.204 e. The Balaban J connectivity index is 2.28. The molecule has 0 spiro atoms. The minimum atomic E-state index is -0.840. The summed E-state index contributed by atoms with van der Waals surface area (Å²) in [5.74, 6) is -1.66. The zero-order valence-corrected chi connectivity index (χ0v) is 12.6. The maximum Gasteiger partial charge on any atom is 0.162 e. The van der Waals surface area contributed by atoms with Crippen molar-refractivity contribution in [3.8, 4) is 0 Å². The summed E-state index contributed by atoms with van der Waals surface area (Å²) in [6.07, 6.45) is 0.252. The molecule has 0 aliphatic carbocycles. The highest BCUT2D eigenvalue weighted by molar-refractivity contribution is 9.10. The van der Waals surface area contributed by atoms with Crippen LogP contribution in [0.4, 0.5) is 8.78 Å². The molecule has 0 nitrogen and oxygen atoms in total. The van der Waals surface area contributed by atoms with Gasteiger partial charge < -0.3 is 0 Å². The van der Waals surface area contributed by atoms with Gasteiger partial charge in [0.1, 0.15) is 0 Å². The molecule has 4 heteroatoms. The van der Waals surface area contributed by atoms with Crippen LogP contribution in [0.1, 0.15) is 22.1 Å². The van der Waals surface area contributed by atoms with Crippen LogP contribution in [0.3, 0.4) is 0 Å². The number of benzene rings is 2. The van der Waals surface area contributed by atoms with Crippen molar-refractivity contribution in [2.75, 3.05) is 0 Å². The molecule has 1 unspecified atom stereocenters. The van der Waals surface area contributed by atoms with Crippen LogP contribution < -0.4 is 0 Å². The van der Waals surface area contributed by atoms with Crippen molar-refractivity contribution in [3.05, 3.63) is 69.2 Å². The van der Waals surface area contributed by atoms with Crippen molar-refractivity contribution in [1.82, 2.24) is 0 Å². The minimum Gasteiger partial charge on any atom is -0.204 e. The van der Waals surface area contributed by atoms with Gasteiger partial charge in [-0.25, -0.2) is 8.78 Å². The summed E-state index contributed by atoms with van der Waals surface area (Å²) in [7, 11) is 0. The first kappa shape index (κ1) is 14.5. The van der Waals surface area contributed by atoms with E-state index in [0.29, 0.717) is 5.56 Å². The zero-order valence-electron chi connectivity index (χ0n) is 10.3. The number of rotatable bonds is 3. The quantitative estimate of drug-likeness (QED) is 0.639. The molecule has 0 bridgehead atoms. The fourth-order valence-electron chi connectivity index (χ4n) is 1.97. The van der Waals surface area contributed by atoms with Crippen molar-refractivity contribution in [3.63, 3.8) is 0 Å². The molecule has 2 aromatic carbocycles. The summed E-state index contributed by atoms with van der Waals surface area (Å²) >= 11 is 9.77. The van der Waals surface area contributed by atoms with Gasteiger partial charge in [0.15, 0.2) is 11.6 Å². The topological polar surface area (TPSA) is 0 Å². The predicted molar refractivity (Wildman–Crippen MR) is 77.5 cm³/mol. The molecule has 0 aliphatic rings. The second-order valence-electron chi connectivity index (χ2n) is 4.34. The summed E-state index contributed by atoms with van der Waals surface area (Å²) in [5.41, 5.74) is 2.22. The summed E-state index contributed by atoms with van der Waals surface area (Å²) in [6.45, 7) is 1.94. The highest BCUT2D eigenvalue weighted by Crippen LogP contribution is 2.31. The van der Waals surface area contributed by atoms with E-state index in [1.807, 2.05) is 25.1 Å². The highest BCUT2D eigenvalue weighted by Gasteiger charge is 2.16. The average Bonchev–Trinajstić information content (AvgIpc) is 2.38. The van der Waals surface area contributed by atoms with Crippen LogP contribution in [0, 0.1) is 18.6 Å². The Bertz CT molecular complexity index is 599. The van der Waals surface area contributed by atoms with Gasteiger partial charge >= 0.3 is 0 Å².